The van der Waals surface area contributed by atoms with Crippen LogP contribution in [0.4, 0.5) is 5.69 Å². The number of nitrogens with one attached hydrogen (secondary N) is 1. The molecule has 0 radical (unpaired) electrons. The van der Waals surface area contributed by atoms with Gasteiger partial charge in [0.25, 0.3) is 0 Å². The van der Waals surface area contributed by atoms with E-state index in [4.69, 9.17) is 4.74 Å². The van der Waals surface area contributed by atoms with Crippen molar-refractivity contribution < 1.29 is 9.53 Å². The lowest BCUT2D eigenvalue weighted by Crippen LogP contribution is -2.28. The Hall–Kier alpha value is -1.46. The van der Waals surface area contributed by atoms with Gasteiger partial charge in [-0.3, -0.25) is 9.78 Å². The average Bonchev–Trinajstić information content (AvgIpc) is 2.48. The Morgan fingerprint density at radius 2 is 2.15 bits per heavy atom. The highest BCUT2D eigenvalue weighted by Crippen LogP contribution is 2.25. The Morgan fingerprint density at radius 1 is 1.35 bits per heavy atom. The van der Waals surface area contributed by atoms with E-state index in [0.717, 1.165) is 33.9 Å². The van der Waals surface area contributed by atoms with E-state index in [9.17, 15) is 4.79 Å². The van der Waals surface area contributed by atoms with Crippen molar-refractivity contribution in [3.8, 4) is 0 Å². The summed E-state index contributed by atoms with van der Waals surface area (Å²) in [4.78, 5) is 16.7. The molecule has 4 nitrogen and oxygen atoms in total. The van der Waals surface area contributed by atoms with Gasteiger partial charge in [-0.05, 0) is 40.9 Å². The maximum Gasteiger partial charge on any atom is 0.227 e. The molecule has 0 atom stereocenters. The Kier molecular flexibility index (Phi) is 3.98. The first-order chi connectivity index (χ1) is 9.74. The molecule has 1 saturated heterocycles. The molecule has 1 aromatic carbocycles. The summed E-state index contributed by atoms with van der Waals surface area (Å²) in [5, 5.41) is 4.01. The van der Waals surface area contributed by atoms with Crippen molar-refractivity contribution in [3.05, 3.63) is 34.9 Å². The highest BCUT2D eigenvalue weighted by atomic mass is 79.9. The first-order valence-electron chi connectivity index (χ1n) is 6.67. The van der Waals surface area contributed by atoms with E-state index in [-0.39, 0.29) is 11.8 Å². The number of pyridine rings is 1. The number of carbonyl (C=O) groups is 1. The molecule has 20 heavy (non-hydrogen) atoms. The van der Waals surface area contributed by atoms with Gasteiger partial charge in [0.2, 0.25) is 5.91 Å². The molecule has 0 unspecified atom stereocenters. The lowest BCUT2D eigenvalue weighted by molar-refractivity contribution is -0.122. The van der Waals surface area contributed by atoms with Crippen LogP contribution >= 0.6 is 15.9 Å². The number of aromatic nitrogens is 1. The van der Waals surface area contributed by atoms with E-state index >= 15 is 0 Å². The van der Waals surface area contributed by atoms with Crippen molar-refractivity contribution in [1.29, 1.82) is 0 Å². The third kappa shape index (κ3) is 2.83. The van der Waals surface area contributed by atoms with Gasteiger partial charge in [-0.25, -0.2) is 0 Å². The zero-order valence-corrected chi connectivity index (χ0v) is 12.5. The van der Waals surface area contributed by atoms with Gasteiger partial charge in [-0.1, -0.05) is 12.1 Å². The van der Waals surface area contributed by atoms with Gasteiger partial charge in [0, 0.05) is 35.2 Å². The number of amides is 1. The van der Waals surface area contributed by atoms with Crippen LogP contribution in [-0.4, -0.2) is 24.1 Å². The van der Waals surface area contributed by atoms with Crippen LogP contribution in [0.1, 0.15) is 12.8 Å². The summed E-state index contributed by atoms with van der Waals surface area (Å²) < 4.78 is 6.21. The molecule has 2 aromatic rings. The third-order valence-electron chi connectivity index (χ3n) is 3.53. The quantitative estimate of drug-likeness (QED) is 0.916. The molecule has 104 valence electrons. The van der Waals surface area contributed by atoms with E-state index in [0.29, 0.717) is 13.2 Å². The fourth-order valence-electron chi connectivity index (χ4n) is 2.43. The molecule has 1 aliphatic heterocycles. The Labute approximate surface area is 125 Å². The summed E-state index contributed by atoms with van der Waals surface area (Å²) in [6, 6.07) is 7.79. The molecule has 2 heterocycles. The topological polar surface area (TPSA) is 51.2 Å². The number of benzene rings is 1. The zero-order valence-electron chi connectivity index (χ0n) is 10.9. The summed E-state index contributed by atoms with van der Waals surface area (Å²) in [6.45, 7) is 1.33. The van der Waals surface area contributed by atoms with Crippen LogP contribution in [-0.2, 0) is 9.53 Å². The minimum atomic E-state index is 0.0365. The van der Waals surface area contributed by atoms with Crippen LogP contribution in [0.25, 0.3) is 10.9 Å². The average molecular weight is 335 g/mol. The number of carbonyl (C=O) groups excluding carboxylic acids is 1. The van der Waals surface area contributed by atoms with Gasteiger partial charge >= 0.3 is 0 Å². The Bertz CT molecular complexity index is 639. The molecule has 3 rings (SSSR count). The van der Waals surface area contributed by atoms with E-state index in [1.165, 1.54) is 0 Å². The van der Waals surface area contributed by atoms with Crippen LogP contribution in [0.2, 0.25) is 0 Å². The number of hydrogen-bond acceptors (Lipinski definition) is 3. The molecule has 0 bridgehead atoms. The summed E-state index contributed by atoms with van der Waals surface area (Å²) in [5.74, 6) is 0.0972. The second-order valence-electron chi connectivity index (χ2n) is 4.91. The number of hydrogen-bond donors (Lipinski definition) is 1. The number of halogens is 1. The van der Waals surface area contributed by atoms with Crippen molar-refractivity contribution >= 4 is 38.4 Å². The second kappa shape index (κ2) is 5.89. The predicted octanol–water partition coefficient (Wildman–Crippen LogP) is 3.36. The normalized spacial score (nSPS) is 16.2. The number of nitrogens with zero attached hydrogens (tertiary/aromatic N) is 1. The van der Waals surface area contributed by atoms with Crippen molar-refractivity contribution in [2.24, 2.45) is 5.92 Å². The highest BCUT2D eigenvalue weighted by molar-refractivity contribution is 9.10. The molecule has 1 fully saturated rings. The maximum atomic E-state index is 12.3. The fraction of sp³-hybridized carbons (Fsp3) is 0.333. The number of para-hydroxylation sites is 1. The molecule has 1 aliphatic rings. The fourth-order valence-corrected chi connectivity index (χ4v) is 2.78. The number of rotatable bonds is 2. The van der Waals surface area contributed by atoms with E-state index < -0.39 is 0 Å². The van der Waals surface area contributed by atoms with Gasteiger partial charge in [-0.2, -0.15) is 0 Å². The highest BCUT2D eigenvalue weighted by Gasteiger charge is 2.22. The number of fused-ring (bicyclic) bond motifs is 1. The minimum Gasteiger partial charge on any atom is -0.381 e. The van der Waals surface area contributed by atoms with E-state index in [2.05, 4.69) is 26.2 Å². The smallest absolute Gasteiger partial charge is 0.227 e. The van der Waals surface area contributed by atoms with E-state index in [1.54, 1.807) is 6.20 Å². The molecule has 1 aromatic heterocycles. The summed E-state index contributed by atoms with van der Waals surface area (Å²) in [7, 11) is 0. The molecule has 0 aliphatic carbocycles. The monoisotopic (exact) mass is 334 g/mol. The first-order valence-corrected chi connectivity index (χ1v) is 7.46. The second-order valence-corrected chi connectivity index (χ2v) is 5.82. The minimum absolute atomic E-state index is 0.0365. The van der Waals surface area contributed by atoms with E-state index in [1.807, 2.05) is 24.3 Å². The van der Waals surface area contributed by atoms with Gasteiger partial charge in [-0.15, -0.1) is 0 Å². The third-order valence-corrected chi connectivity index (χ3v) is 3.96. The van der Waals surface area contributed by atoms with Crippen molar-refractivity contribution in [2.75, 3.05) is 18.5 Å². The lowest BCUT2D eigenvalue weighted by Gasteiger charge is -2.21. The molecular formula is C15H15BrN2O2. The number of anilines is 1. The van der Waals surface area contributed by atoms with Crippen LogP contribution in [0.15, 0.2) is 34.9 Å². The first kappa shape index (κ1) is 13.5. The maximum absolute atomic E-state index is 12.3. The molecule has 1 N–H and O–H groups in total. The van der Waals surface area contributed by atoms with Gasteiger partial charge < -0.3 is 10.1 Å². The molecule has 1 amide bonds. The summed E-state index contributed by atoms with van der Waals surface area (Å²) >= 11 is 3.41. The van der Waals surface area contributed by atoms with Crippen LogP contribution in [0, 0.1) is 5.92 Å². The van der Waals surface area contributed by atoms with Gasteiger partial charge in [0.1, 0.15) is 0 Å². The van der Waals surface area contributed by atoms with Crippen LogP contribution in [0.3, 0.4) is 0 Å². The predicted molar refractivity (Wildman–Crippen MR) is 81.6 cm³/mol. The summed E-state index contributed by atoms with van der Waals surface area (Å²) in [6.07, 6.45) is 3.32. The molecule has 5 heteroatoms. The number of ether oxygens (including phenoxy) is 1. The van der Waals surface area contributed by atoms with Crippen molar-refractivity contribution in [3.63, 3.8) is 0 Å². The van der Waals surface area contributed by atoms with Gasteiger partial charge in [0.05, 0.1) is 11.2 Å². The largest absolute Gasteiger partial charge is 0.381 e. The van der Waals surface area contributed by atoms with Crippen LogP contribution < -0.4 is 5.32 Å². The molecule has 0 spiro atoms. The SMILES string of the molecule is O=C(Nc1cccc2cc(Br)cnc12)C1CCOCC1. The molecule has 0 saturated carbocycles. The summed E-state index contributed by atoms with van der Waals surface area (Å²) in [5.41, 5.74) is 1.59. The Balaban J connectivity index is 1.85. The van der Waals surface area contributed by atoms with Gasteiger partial charge in [0.15, 0.2) is 0 Å². The molecular weight excluding hydrogens is 320 g/mol. The lowest BCUT2D eigenvalue weighted by atomic mass is 9.99. The van der Waals surface area contributed by atoms with Crippen molar-refractivity contribution in [2.45, 2.75) is 12.8 Å². The van der Waals surface area contributed by atoms with Crippen molar-refractivity contribution in [1.82, 2.24) is 4.98 Å². The zero-order chi connectivity index (χ0) is 13.9. The Morgan fingerprint density at radius 3 is 2.95 bits per heavy atom. The van der Waals surface area contributed by atoms with Crippen LogP contribution in [0.5, 0.6) is 0 Å². The standard InChI is InChI=1S/C15H15BrN2O2/c16-12-8-11-2-1-3-13(14(11)17-9-12)18-15(19)10-4-6-20-7-5-10/h1-3,8-10H,4-7H2,(H,18,19).